The van der Waals surface area contributed by atoms with E-state index in [4.69, 9.17) is 15.0 Å². The van der Waals surface area contributed by atoms with E-state index in [-0.39, 0.29) is 5.41 Å². The lowest BCUT2D eigenvalue weighted by Gasteiger charge is -2.21. The van der Waals surface area contributed by atoms with Gasteiger partial charge in [-0.1, -0.05) is 123 Å². The zero-order chi connectivity index (χ0) is 31.3. The fourth-order valence-electron chi connectivity index (χ4n) is 7.79. The lowest BCUT2D eigenvalue weighted by atomic mass is 9.82. The molecule has 47 heavy (non-hydrogen) atoms. The van der Waals surface area contributed by atoms with Crippen LogP contribution in [0.1, 0.15) is 25.0 Å². The summed E-state index contributed by atoms with van der Waals surface area (Å²) in [5, 5.41) is 4.70. The van der Waals surface area contributed by atoms with Crippen LogP contribution in [0.2, 0.25) is 0 Å². The quantitative estimate of drug-likeness (QED) is 0.202. The van der Waals surface area contributed by atoms with Gasteiger partial charge in [0, 0.05) is 32.5 Å². The van der Waals surface area contributed by atoms with Crippen LogP contribution in [-0.2, 0) is 5.41 Å². The molecule has 0 spiro atoms. The van der Waals surface area contributed by atoms with Gasteiger partial charge in [0.15, 0.2) is 5.82 Å². The average molecular weight is 604 g/mol. The van der Waals surface area contributed by atoms with E-state index in [0.29, 0.717) is 17.7 Å². The second-order valence-electron chi connectivity index (χ2n) is 12.9. The van der Waals surface area contributed by atoms with Gasteiger partial charge in [-0.2, -0.15) is 15.0 Å². The van der Waals surface area contributed by atoms with Crippen molar-refractivity contribution in [2.45, 2.75) is 19.3 Å². The number of fused-ring (bicyclic) bond motifs is 9. The van der Waals surface area contributed by atoms with Crippen molar-refractivity contribution in [3.05, 3.63) is 151 Å². The number of hydrogen-bond acceptors (Lipinski definition) is 3. The topological polar surface area (TPSA) is 48.5 Å². The van der Waals surface area contributed by atoms with Crippen molar-refractivity contribution in [2.24, 2.45) is 0 Å². The van der Waals surface area contributed by atoms with Crippen LogP contribution in [0.25, 0.3) is 78.0 Å². The zero-order valence-corrected chi connectivity index (χ0v) is 26.0. The van der Waals surface area contributed by atoms with Gasteiger partial charge < -0.3 is 0 Å². The van der Waals surface area contributed by atoms with Gasteiger partial charge in [0.05, 0.1) is 22.1 Å². The van der Waals surface area contributed by atoms with Crippen LogP contribution in [-0.4, -0.2) is 24.1 Å². The summed E-state index contributed by atoms with van der Waals surface area (Å²) in [4.78, 5) is 15.7. The summed E-state index contributed by atoms with van der Waals surface area (Å²) in [6.45, 7) is 4.65. The van der Waals surface area contributed by atoms with Gasteiger partial charge in [0.2, 0.25) is 11.9 Å². The van der Waals surface area contributed by atoms with Crippen molar-refractivity contribution in [1.29, 1.82) is 0 Å². The summed E-state index contributed by atoms with van der Waals surface area (Å²) >= 11 is 0. The summed E-state index contributed by atoms with van der Waals surface area (Å²) in [6, 6.07) is 49.3. The van der Waals surface area contributed by atoms with E-state index in [9.17, 15) is 0 Å². The van der Waals surface area contributed by atoms with Gasteiger partial charge in [-0.25, -0.2) is 0 Å². The molecule has 0 aliphatic heterocycles. The maximum atomic E-state index is 5.32. The van der Waals surface area contributed by atoms with Gasteiger partial charge in [0.25, 0.3) is 0 Å². The first-order valence-electron chi connectivity index (χ1n) is 16.1. The highest BCUT2D eigenvalue weighted by Gasteiger charge is 2.36. The van der Waals surface area contributed by atoms with Crippen LogP contribution in [0.15, 0.2) is 140 Å². The molecule has 3 aromatic heterocycles. The molecule has 0 fully saturated rings. The Labute approximate surface area is 271 Å². The highest BCUT2D eigenvalue weighted by Crippen LogP contribution is 2.50. The number of rotatable bonds is 3. The summed E-state index contributed by atoms with van der Waals surface area (Å²) in [5.74, 6) is 1.81. The Bertz CT molecular complexity index is 2660. The Balaban J connectivity index is 1.32. The largest absolute Gasteiger partial charge is 0.278 e. The molecule has 0 atom stereocenters. The molecule has 1 aliphatic carbocycles. The first-order chi connectivity index (χ1) is 23.1. The van der Waals surface area contributed by atoms with Crippen LogP contribution in [0, 0.1) is 0 Å². The fourth-order valence-corrected chi connectivity index (χ4v) is 7.79. The molecular formula is C42H29N5. The molecule has 5 nitrogen and oxygen atoms in total. The van der Waals surface area contributed by atoms with E-state index < -0.39 is 0 Å². The maximum Gasteiger partial charge on any atom is 0.240 e. The minimum atomic E-state index is -0.135. The second-order valence-corrected chi connectivity index (χ2v) is 12.9. The predicted molar refractivity (Wildman–Crippen MR) is 192 cm³/mol. The third-order valence-electron chi connectivity index (χ3n) is 10.00. The molecule has 222 valence electrons. The molecular weight excluding hydrogens is 574 g/mol. The first-order valence-corrected chi connectivity index (χ1v) is 16.1. The van der Waals surface area contributed by atoms with Crippen LogP contribution in [0.5, 0.6) is 0 Å². The average Bonchev–Trinajstić information content (AvgIpc) is 3.71. The molecule has 9 aromatic rings. The third kappa shape index (κ3) is 3.62. The lowest BCUT2D eigenvalue weighted by Crippen LogP contribution is -2.15. The van der Waals surface area contributed by atoms with Gasteiger partial charge in [-0.05, 0) is 52.6 Å². The van der Waals surface area contributed by atoms with Crippen molar-refractivity contribution in [3.63, 3.8) is 0 Å². The number of aromatic nitrogens is 5. The van der Waals surface area contributed by atoms with Gasteiger partial charge in [-0.3, -0.25) is 9.13 Å². The molecule has 0 saturated carbocycles. The molecule has 5 heteroatoms. The van der Waals surface area contributed by atoms with E-state index in [1.165, 1.54) is 43.8 Å². The van der Waals surface area contributed by atoms with E-state index in [0.717, 1.165) is 27.6 Å². The summed E-state index contributed by atoms with van der Waals surface area (Å²) in [6.07, 6.45) is 0. The summed E-state index contributed by atoms with van der Waals surface area (Å²) < 4.78 is 4.41. The maximum absolute atomic E-state index is 5.32. The smallest absolute Gasteiger partial charge is 0.240 e. The highest BCUT2D eigenvalue weighted by atomic mass is 15.3. The van der Waals surface area contributed by atoms with Crippen molar-refractivity contribution in [2.75, 3.05) is 0 Å². The van der Waals surface area contributed by atoms with Crippen molar-refractivity contribution in [1.82, 2.24) is 24.1 Å². The first kappa shape index (κ1) is 26.2. The minimum Gasteiger partial charge on any atom is -0.278 e. The minimum absolute atomic E-state index is 0.135. The van der Waals surface area contributed by atoms with Gasteiger partial charge in [0.1, 0.15) is 0 Å². The summed E-state index contributed by atoms with van der Waals surface area (Å²) in [7, 11) is 0. The molecule has 6 aromatic carbocycles. The number of benzene rings is 6. The Kier molecular flexibility index (Phi) is 5.28. The van der Waals surface area contributed by atoms with E-state index in [2.05, 4.69) is 144 Å². The predicted octanol–water partition coefficient (Wildman–Crippen LogP) is 10.0. The van der Waals surface area contributed by atoms with Crippen molar-refractivity contribution in [3.8, 4) is 34.4 Å². The number of nitrogens with zero attached hydrogens (tertiary/aromatic N) is 5. The molecule has 1 aliphatic rings. The molecule has 0 bridgehead atoms. The number of para-hydroxylation sites is 3. The molecule has 0 N–H and O–H groups in total. The fraction of sp³-hybridized carbons (Fsp3) is 0.0714. The Morgan fingerprint density at radius 3 is 1.57 bits per heavy atom. The second kappa shape index (κ2) is 9.47. The van der Waals surface area contributed by atoms with Gasteiger partial charge in [-0.15, -0.1) is 0 Å². The zero-order valence-electron chi connectivity index (χ0n) is 26.0. The molecule has 0 unspecified atom stereocenters. The lowest BCUT2D eigenvalue weighted by molar-refractivity contribution is 0.661. The molecule has 0 amide bonds. The normalized spacial score (nSPS) is 13.5. The summed E-state index contributed by atoms with van der Waals surface area (Å²) in [5.41, 5.74) is 10.4. The van der Waals surface area contributed by atoms with Crippen LogP contribution >= 0.6 is 0 Å². The molecule has 3 heterocycles. The Morgan fingerprint density at radius 1 is 0.426 bits per heavy atom. The Hall–Kier alpha value is -6.07. The van der Waals surface area contributed by atoms with E-state index in [1.807, 2.05) is 18.2 Å². The molecule has 10 rings (SSSR count). The monoisotopic (exact) mass is 603 g/mol. The SMILES string of the molecule is CC1(C)c2ccccc2-c2cc3c4ccccc4n(-c4nc(-c5ccccc5)nc(-n5c6ccccc6c6ccccc65)n4)c3cc21. The van der Waals surface area contributed by atoms with Crippen LogP contribution < -0.4 is 0 Å². The van der Waals surface area contributed by atoms with Crippen LogP contribution in [0.4, 0.5) is 0 Å². The van der Waals surface area contributed by atoms with Gasteiger partial charge >= 0.3 is 0 Å². The van der Waals surface area contributed by atoms with Crippen molar-refractivity contribution < 1.29 is 0 Å². The highest BCUT2D eigenvalue weighted by molar-refractivity contribution is 6.12. The van der Waals surface area contributed by atoms with Crippen molar-refractivity contribution >= 4 is 43.6 Å². The Morgan fingerprint density at radius 2 is 0.936 bits per heavy atom. The molecule has 0 radical (unpaired) electrons. The van der Waals surface area contributed by atoms with E-state index in [1.54, 1.807) is 0 Å². The molecule has 0 saturated heterocycles. The third-order valence-corrected chi connectivity index (χ3v) is 10.00. The number of hydrogen-bond donors (Lipinski definition) is 0. The van der Waals surface area contributed by atoms with E-state index >= 15 is 0 Å². The van der Waals surface area contributed by atoms with Crippen LogP contribution in [0.3, 0.4) is 0 Å². The standard InChI is InChI=1S/C42H29N5/c1-42(2)33-20-10-6-16-27(33)31-24-32-30-19-9-13-23-37(30)47(38(32)25-34(31)42)41-44-39(26-14-4-3-5-15-26)43-40(45-41)46-35-21-11-7-17-28(35)29-18-8-12-22-36(29)46/h3-25H,1-2H3.